The van der Waals surface area contributed by atoms with Crippen LogP contribution in [0.3, 0.4) is 0 Å². The first-order valence-corrected chi connectivity index (χ1v) is 6.18. The zero-order chi connectivity index (χ0) is 12.5. The minimum atomic E-state index is 0.279. The summed E-state index contributed by atoms with van der Waals surface area (Å²) in [6, 6.07) is 8.48. The maximum atomic E-state index is 5.65. The third-order valence-corrected chi connectivity index (χ3v) is 3.35. The molecule has 1 unspecified atom stereocenters. The topological polar surface area (TPSA) is 39.1 Å². The first kappa shape index (κ1) is 11.3. The zero-order valence-electron chi connectivity index (χ0n) is 10.7. The van der Waals surface area contributed by atoms with Crippen LogP contribution in [0, 0.1) is 6.92 Å². The van der Waals surface area contributed by atoms with Crippen molar-refractivity contribution in [2.75, 3.05) is 6.61 Å². The number of hydrogen-bond acceptors (Lipinski definition) is 3. The summed E-state index contributed by atoms with van der Waals surface area (Å²) in [6.07, 6.45) is 2.06. The monoisotopic (exact) mass is 243 g/mol. The van der Waals surface area contributed by atoms with E-state index in [-0.39, 0.29) is 6.04 Å². The van der Waals surface area contributed by atoms with Crippen LogP contribution < -0.4 is 10.1 Å². The number of para-hydroxylation sites is 1. The Hall–Kier alpha value is -1.81. The van der Waals surface area contributed by atoms with Crippen LogP contribution in [-0.2, 0) is 13.6 Å². The minimum absolute atomic E-state index is 0.279. The fraction of sp³-hybridized carbons (Fsp3) is 0.357. The normalized spacial score (nSPS) is 17.6. The molecule has 2 aromatic rings. The summed E-state index contributed by atoms with van der Waals surface area (Å²) >= 11 is 0. The van der Waals surface area contributed by atoms with Gasteiger partial charge in [0.2, 0.25) is 0 Å². The van der Waals surface area contributed by atoms with Crippen LogP contribution in [0.2, 0.25) is 0 Å². The van der Waals surface area contributed by atoms with E-state index in [0.29, 0.717) is 6.61 Å². The summed E-state index contributed by atoms with van der Waals surface area (Å²) in [5.41, 5.74) is 3.57. The lowest BCUT2D eigenvalue weighted by molar-refractivity contribution is 0.310. The van der Waals surface area contributed by atoms with Gasteiger partial charge < -0.3 is 10.1 Å². The van der Waals surface area contributed by atoms with Gasteiger partial charge in [-0.1, -0.05) is 18.2 Å². The van der Waals surface area contributed by atoms with Gasteiger partial charge >= 0.3 is 0 Å². The van der Waals surface area contributed by atoms with Crippen molar-refractivity contribution < 1.29 is 4.74 Å². The molecular weight excluding hydrogens is 226 g/mol. The largest absolute Gasteiger partial charge is 0.491 e. The van der Waals surface area contributed by atoms with E-state index in [9.17, 15) is 0 Å². The highest BCUT2D eigenvalue weighted by Crippen LogP contribution is 2.31. The van der Waals surface area contributed by atoms with Gasteiger partial charge in [-0.2, -0.15) is 5.10 Å². The van der Waals surface area contributed by atoms with Crippen LogP contribution in [0.4, 0.5) is 0 Å². The van der Waals surface area contributed by atoms with Crippen LogP contribution in [0.25, 0.3) is 0 Å². The molecule has 0 spiro atoms. The maximum Gasteiger partial charge on any atom is 0.124 e. The molecular formula is C14H17N3O. The number of fused-ring (bicyclic) bond motifs is 1. The number of nitrogens with zero attached hydrogens (tertiary/aromatic N) is 2. The van der Waals surface area contributed by atoms with Crippen molar-refractivity contribution in [3.05, 3.63) is 47.3 Å². The van der Waals surface area contributed by atoms with Crippen molar-refractivity contribution in [1.82, 2.24) is 15.1 Å². The predicted molar refractivity (Wildman–Crippen MR) is 69.5 cm³/mol. The van der Waals surface area contributed by atoms with Crippen LogP contribution in [0.5, 0.6) is 5.75 Å². The SMILES string of the molecule is Cc1nn(C)cc1CNC1COc2ccccc21. The number of rotatable bonds is 3. The Bertz CT molecular complexity index is 562. The predicted octanol–water partition coefficient (Wildman–Crippen LogP) is 1.95. The van der Waals surface area contributed by atoms with Gasteiger partial charge in [0.05, 0.1) is 11.7 Å². The molecule has 0 bridgehead atoms. The summed E-state index contributed by atoms with van der Waals surface area (Å²) < 4.78 is 7.50. The molecule has 1 aromatic carbocycles. The number of aryl methyl sites for hydroxylation is 2. The van der Waals surface area contributed by atoms with E-state index < -0.39 is 0 Å². The van der Waals surface area contributed by atoms with E-state index in [0.717, 1.165) is 18.0 Å². The number of hydrogen-bond donors (Lipinski definition) is 1. The molecule has 94 valence electrons. The lowest BCUT2D eigenvalue weighted by Crippen LogP contribution is -2.22. The smallest absolute Gasteiger partial charge is 0.124 e. The molecule has 0 amide bonds. The highest BCUT2D eigenvalue weighted by molar-refractivity contribution is 5.39. The van der Waals surface area contributed by atoms with E-state index in [2.05, 4.69) is 28.7 Å². The highest BCUT2D eigenvalue weighted by Gasteiger charge is 2.23. The Labute approximate surface area is 107 Å². The molecule has 0 aliphatic carbocycles. The Morgan fingerprint density at radius 2 is 2.28 bits per heavy atom. The van der Waals surface area contributed by atoms with Crippen molar-refractivity contribution in [2.24, 2.45) is 7.05 Å². The van der Waals surface area contributed by atoms with Gasteiger partial charge in [0.15, 0.2) is 0 Å². The molecule has 4 nitrogen and oxygen atoms in total. The second kappa shape index (κ2) is 4.46. The molecule has 2 heterocycles. The molecule has 1 aromatic heterocycles. The Kier molecular flexibility index (Phi) is 2.80. The second-order valence-electron chi connectivity index (χ2n) is 4.70. The summed E-state index contributed by atoms with van der Waals surface area (Å²) in [4.78, 5) is 0. The van der Waals surface area contributed by atoms with E-state index in [1.807, 2.05) is 30.8 Å². The van der Waals surface area contributed by atoms with E-state index in [1.165, 1.54) is 11.1 Å². The summed E-state index contributed by atoms with van der Waals surface area (Å²) in [5.74, 6) is 0.998. The molecule has 18 heavy (non-hydrogen) atoms. The first-order valence-electron chi connectivity index (χ1n) is 6.18. The van der Waals surface area contributed by atoms with E-state index in [4.69, 9.17) is 4.74 Å². The zero-order valence-corrected chi connectivity index (χ0v) is 10.7. The molecule has 1 atom stereocenters. The van der Waals surface area contributed by atoms with Gasteiger partial charge in [-0.25, -0.2) is 0 Å². The number of aromatic nitrogens is 2. The van der Waals surface area contributed by atoms with Crippen molar-refractivity contribution in [2.45, 2.75) is 19.5 Å². The Morgan fingerprint density at radius 1 is 1.44 bits per heavy atom. The van der Waals surface area contributed by atoms with Gasteiger partial charge in [-0.15, -0.1) is 0 Å². The Morgan fingerprint density at radius 3 is 3.06 bits per heavy atom. The van der Waals surface area contributed by atoms with Gasteiger partial charge in [0, 0.05) is 30.9 Å². The highest BCUT2D eigenvalue weighted by atomic mass is 16.5. The van der Waals surface area contributed by atoms with Crippen molar-refractivity contribution in [3.63, 3.8) is 0 Å². The lowest BCUT2D eigenvalue weighted by Gasteiger charge is -2.10. The molecule has 1 N–H and O–H groups in total. The molecule has 1 aliphatic heterocycles. The third-order valence-electron chi connectivity index (χ3n) is 3.35. The molecule has 3 rings (SSSR count). The van der Waals surface area contributed by atoms with E-state index in [1.54, 1.807) is 0 Å². The molecule has 0 saturated carbocycles. The van der Waals surface area contributed by atoms with Crippen molar-refractivity contribution >= 4 is 0 Å². The summed E-state index contributed by atoms with van der Waals surface area (Å²) in [7, 11) is 1.95. The average molecular weight is 243 g/mol. The van der Waals surface area contributed by atoms with Crippen LogP contribution in [0.1, 0.15) is 22.9 Å². The van der Waals surface area contributed by atoms with Crippen LogP contribution in [-0.4, -0.2) is 16.4 Å². The molecule has 0 saturated heterocycles. The number of nitrogens with one attached hydrogen (secondary N) is 1. The fourth-order valence-electron chi connectivity index (χ4n) is 2.39. The molecule has 0 fully saturated rings. The minimum Gasteiger partial charge on any atom is -0.491 e. The molecule has 4 heteroatoms. The maximum absolute atomic E-state index is 5.65. The van der Waals surface area contributed by atoms with Gasteiger partial charge in [0.25, 0.3) is 0 Å². The van der Waals surface area contributed by atoms with Crippen molar-refractivity contribution in [3.8, 4) is 5.75 Å². The number of ether oxygens (including phenoxy) is 1. The van der Waals surface area contributed by atoms with Crippen LogP contribution >= 0.6 is 0 Å². The van der Waals surface area contributed by atoms with Gasteiger partial charge in [0.1, 0.15) is 12.4 Å². The summed E-state index contributed by atoms with van der Waals surface area (Å²) in [6.45, 7) is 3.57. The molecule has 0 radical (unpaired) electrons. The van der Waals surface area contributed by atoms with Crippen LogP contribution in [0.15, 0.2) is 30.5 Å². The number of benzene rings is 1. The first-order chi connectivity index (χ1) is 8.74. The standard InChI is InChI=1S/C14H17N3O/c1-10-11(8-17(2)16-10)7-15-13-9-18-14-6-4-3-5-12(13)14/h3-6,8,13,15H,7,9H2,1-2H3. The lowest BCUT2D eigenvalue weighted by atomic mass is 10.1. The summed E-state index contributed by atoms with van der Waals surface area (Å²) in [5, 5.41) is 7.88. The second-order valence-corrected chi connectivity index (χ2v) is 4.70. The van der Waals surface area contributed by atoms with Gasteiger partial charge in [-0.3, -0.25) is 4.68 Å². The fourth-order valence-corrected chi connectivity index (χ4v) is 2.39. The third kappa shape index (κ3) is 1.99. The average Bonchev–Trinajstić information content (AvgIpc) is 2.90. The molecule has 1 aliphatic rings. The van der Waals surface area contributed by atoms with Gasteiger partial charge in [-0.05, 0) is 13.0 Å². The van der Waals surface area contributed by atoms with Crippen molar-refractivity contribution in [1.29, 1.82) is 0 Å². The quantitative estimate of drug-likeness (QED) is 0.895. The Balaban J connectivity index is 1.70. The van der Waals surface area contributed by atoms with E-state index >= 15 is 0 Å².